The molecule has 0 radical (unpaired) electrons. The zero-order valence-corrected chi connectivity index (χ0v) is 15.2. The van der Waals surface area contributed by atoms with E-state index in [2.05, 4.69) is 27.0 Å². The number of carbonyl (C=O) groups is 2. The third-order valence-electron chi connectivity index (χ3n) is 5.31. The standard InChI is InChI=1S/C18H27N3O2S/c1-19-8-10-21-16-6-9-20(12-15(16)3-5-18(21)23)17(22)4-2-14-7-11-24-13-14/h7,11,13,15-16,19H,2-6,8-10,12H2,1H3/t15-,16+/m0/s1. The van der Waals surface area contributed by atoms with Crippen LogP contribution in [-0.2, 0) is 16.0 Å². The maximum atomic E-state index is 12.5. The highest BCUT2D eigenvalue weighted by Crippen LogP contribution is 2.31. The van der Waals surface area contributed by atoms with Gasteiger partial charge in [-0.2, -0.15) is 11.3 Å². The van der Waals surface area contributed by atoms with Gasteiger partial charge in [0.25, 0.3) is 0 Å². The lowest BCUT2D eigenvalue weighted by Crippen LogP contribution is -2.57. The van der Waals surface area contributed by atoms with E-state index < -0.39 is 0 Å². The molecule has 132 valence electrons. The third kappa shape index (κ3) is 3.98. The van der Waals surface area contributed by atoms with Crippen molar-refractivity contribution >= 4 is 23.2 Å². The second-order valence-electron chi connectivity index (χ2n) is 6.82. The molecular weight excluding hydrogens is 322 g/mol. The van der Waals surface area contributed by atoms with Gasteiger partial charge in [0.05, 0.1) is 0 Å². The molecule has 1 aromatic heterocycles. The zero-order chi connectivity index (χ0) is 16.9. The second kappa shape index (κ2) is 8.12. The summed E-state index contributed by atoms with van der Waals surface area (Å²) in [6, 6.07) is 2.41. The van der Waals surface area contributed by atoms with Crippen LogP contribution in [0.2, 0.25) is 0 Å². The first-order valence-corrected chi connectivity index (χ1v) is 9.86. The average molecular weight is 350 g/mol. The highest BCUT2D eigenvalue weighted by molar-refractivity contribution is 7.07. The minimum atomic E-state index is 0.262. The number of likely N-dealkylation sites (N-methyl/N-ethyl adjacent to an activating group) is 1. The van der Waals surface area contributed by atoms with E-state index in [1.54, 1.807) is 11.3 Å². The first-order valence-electron chi connectivity index (χ1n) is 8.92. The van der Waals surface area contributed by atoms with Crippen LogP contribution in [0.15, 0.2) is 16.8 Å². The predicted octanol–water partition coefficient (Wildman–Crippen LogP) is 1.74. The van der Waals surface area contributed by atoms with Crippen molar-refractivity contribution < 1.29 is 9.59 Å². The molecule has 3 rings (SSSR count). The van der Waals surface area contributed by atoms with Gasteiger partial charge < -0.3 is 15.1 Å². The molecule has 0 saturated carbocycles. The van der Waals surface area contributed by atoms with E-state index in [9.17, 15) is 9.59 Å². The van der Waals surface area contributed by atoms with Crippen LogP contribution >= 0.6 is 11.3 Å². The van der Waals surface area contributed by atoms with Crippen molar-refractivity contribution in [2.24, 2.45) is 5.92 Å². The fraction of sp³-hybridized carbons (Fsp3) is 0.667. The summed E-state index contributed by atoms with van der Waals surface area (Å²) in [7, 11) is 1.92. The van der Waals surface area contributed by atoms with E-state index in [0.717, 1.165) is 45.4 Å². The normalized spacial score (nSPS) is 24.1. The number of nitrogens with zero attached hydrogens (tertiary/aromatic N) is 2. The van der Waals surface area contributed by atoms with E-state index in [1.807, 2.05) is 11.9 Å². The number of rotatable bonds is 6. The van der Waals surface area contributed by atoms with Crippen LogP contribution in [0, 0.1) is 5.92 Å². The number of hydrogen-bond donors (Lipinski definition) is 1. The molecule has 2 fully saturated rings. The Hall–Kier alpha value is -1.40. The number of aryl methyl sites for hydroxylation is 1. The number of carbonyl (C=O) groups excluding carboxylic acids is 2. The number of amides is 2. The summed E-state index contributed by atoms with van der Waals surface area (Å²) in [6.07, 6.45) is 3.90. The number of hydrogen-bond acceptors (Lipinski definition) is 4. The molecule has 0 aliphatic carbocycles. The highest BCUT2D eigenvalue weighted by atomic mass is 32.1. The van der Waals surface area contributed by atoms with Crippen molar-refractivity contribution in [3.8, 4) is 0 Å². The summed E-state index contributed by atoms with van der Waals surface area (Å²) in [5.41, 5.74) is 1.25. The Bertz CT molecular complexity index is 561. The molecule has 3 heterocycles. The number of piperidine rings is 2. The van der Waals surface area contributed by atoms with Gasteiger partial charge in [0.1, 0.15) is 0 Å². The summed E-state index contributed by atoms with van der Waals surface area (Å²) in [4.78, 5) is 28.8. The Morgan fingerprint density at radius 2 is 2.29 bits per heavy atom. The minimum absolute atomic E-state index is 0.262. The largest absolute Gasteiger partial charge is 0.342 e. The quantitative estimate of drug-likeness (QED) is 0.851. The first-order chi connectivity index (χ1) is 11.7. The fourth-order valence-electron chi connectivity index (χ4n) is 3.94. The molecule has 2 atom stereocenters. The molecule has 0 unspecified atom stereocenters. The fourth-order valence-corrected chi connectivity index (χ4v) is 4.65. The Kier molecular flexibility index (Phi) is 5.89. The Morgan fingerprint density at radius 1 is 1.42 bits per heavy atom. The van der Waals surface area contributed by atoms with Crippen LogP contribution < -0.4 is 5.32 Å². The SMILES string of the molecule is CNCCN1C(=O)CC[C@H]2CN(C(=O)CCc3ccsc3)CC[C@H]21. The lowest BCUT2D eigenvalue weighted by molar-refractivity contribution is -0.144. The summed E-state index contributed by atoms with van der Waals surface area (Å²) in [5.74, 6) is 0.987. The molecule has 2 amide bonds. The maximum absolute atomic E-state index is 12.5. The predicted molar refractivity (Wildman–Crippen MR) is 96.0 cm³/mol. The van der Waals surface area contributed by atoms with Crippen LogP contribution in [0.3, 0.4) is 0 Å². The van der Waals surface area contributed by atoms with Crippen molar-refractivity contribution in [3.63, 3.8) is 0 Å². The molecule has 5 nitrogen and oxygen atoms in total. The molecule has 0 spiro atoms. The lowest BCUT2D eigenvalue weighted by Gasteiger charge is -2.47. The molecule has 2 saturated heterocycles. The summed E-state index contributed by atoms with van der Waals surface area (Å²) in [5, 5.41) is 7.31. The van der Waals surface area contributed by atoms with Gasteiger partial charge in [-0.3, -0.25) is 9.59 Å². The van der Waals surface area contributed by atoms with Crippen molar-refractivity contribution in [2.45, 2.75) is 38.1 Å². The molecule has 1 aromatic rings. The molecule has 2 aliphatic heterocycles. The van der Waals surface area contributed by atoms with Gasteiger partial charge in [-0.1, -0.05) is 0 Å². The van der Waals surface area contributed by atoms with Crippen LogP contribution in [0.1, 0.15) is 31.2 Å². The minimum Gasteiger partial charge on any atom is -0.342 e. The van der Waals surface area contributed by atoms with Crippen molar-refractivity contribution in [3.05, 3.63) is 22.4 Å². The van der Waals surface area contributed by atoms with Gasteiger partial charge in [0, 0.05) is 45.1 Å². The Morgan fingerprint density at radius 3 is 3.04 bits per heavy atom. The van der Waals surface area contributed by atoms with Crippen LogP contribution in [0.5, 0.6) is 0 Å². The summed E-state index contributed by atoms with van der Waals surface area (Å²) >= 11 is 1.68. The molecule has 2 aliphatic rings. The average Bonchev–Trinajstić information content (AvgIpc) is 3.12. The van der Waals surface area contributed by atoms with Crippen molar-refractivity contribution in [2.75, 3.05) is 33.2 Å². The Labute approximate surface area is 148 Å². The van der Waals surface area contributed by atoms with Gasteiger partial charge in [-0.15, -0.1) is 0 Å². The number of thiophene rings is 1. The Balaban J connectivity index is 1.54. The third-order valence-corrected chi connectivity index (χ3v) is 6.04. The molecule has 1 N–H and O–H groups in total. The molecule has 24 heavy (non-hydrogen) atoms. The van der Waals surface area contributed by atoms with Crippen LogP contribution in [-0.4, -0.2) is 60.9 Å². The molecule has 6 heteroatoms. The molecular formula is C18H27N3O2S. The smallest absolute Gasteiger partial charge is 0.222 e. The van der Waals surface area contributed by atoms with Crippen LogP contribution in [0.25, 0.3) is 0 Å². The van der Waals surface area contributed by atoms with E-state index in [1.165, 1.54) is 5.56 Å². The van der Waals surface area contributed by atoms with Gasteiger partial charge >= 0.3 is 0 Å². The number of likely N-dealkylation sites (tertiary alicyclic amines) is 2. The highest BCUT2D eigenvalue weighted by Gasteiger charge is 2.39. The second-order valence-corrected chi connectivity index (χ2v) is 7.60. The lowest BCUT2D eigenvalue weighted by atomic mass is 9.83. The van der Waals surface area contributed by atoms with Gasteiger partial charge in [-0.05, 0) is 54.6 Å². The maximum Gasteiger partial charge on any atom is 0.222 e. The molecule has 0 aromatic carbocycles. The zero-order valence-electron chi connectivity index (χ0n) is 14.4. The van der Waals surface area contributed by atoms with Crippen LogP contribution in [0.4, 0.5) is 0 Å². The van der Waals surface area contributed by atoms with E-state index >= 15 is 0 Å². The van der Waals surface area contributed by atoms with Gasteiger partial charge in [0.15, 0.2) is 0 Å². The van der Waals surface area contributed by atoms with Crippen molar-refractivity contribution in [1.29, 1.82) is 0 Å². The molecule has 0 bridgehead atoms. The topological polar surface area (TPSA) is 52.7 Å². The number of nitrogens with one attached hydrogen (secondary N) is 1. The summed E-state index contributed by atoms with van der Waals surface area (Å²) in [6.45, 7) is 3.21. The van der Waals surface area contributed by atoms with E-state index in [4.69, 9.17) is 0 Å². The summed E-state index contributed by atoms with van der Waals surface area (Å²) < 4.78 is 0. The van der Waals surface area contributed by atoms with Gasteiger partial charge in [0.2, 0.25) is 11.8 Å². The first kappa shape index (κ1) is 17.4. The monoisotopic (exact) mass is 349 g/mol. The number of fused-ring (bicyclic) bond motifs is 1. The van der Waals surface area contributed by atoms with E-state index in [0.29, 0.717) is 24.8 Å². The van der Waals surface area contributed by atoms with Gasteiger partial charge in [-0.25, -0.2) is 0 Å². The van der Waals surface area contributed by atoms with Crippen molar-refractivity contribution in [1.82, 2.24) is 15.1 Å². The van der Waals surface area contributed by atoms with E-state index in [-0.39, 0.29) is 11.8 Å².